The van der Waals surface area contributed by atoms with Gasteiger partial charge in [-0.3, -0.25) is 9.89 Å². The lowest BCUT2D eigenvalue weighted by atomic mass is 10.2. The summed E-state index contributed by atoms with van der Waals surface area (Å²) >= 11 is 0. The summed E-state index contributed by atoms with van der Waals surface area (Å²) in [5.41, 5.74) is 1.24. The van der Waals surface area contributed by atoms with E-state index in [2.05, 4.69) is 76.7 Å². The first kappa shape index (κ1) is 22.0. The molecule has 1 heterocycles. The second-order valence-corrected chi connectivity index (χ2v) is 6.55. The van der Waals surface area contributed by atoms with Gasteiger partial charge in [0.05, 0.1) is 0 Å². The topological polar surface area (TPSA) is 42.9 Å². The smallest absolute Gasteiger partial charge is 0.191 e. The van der Waals surface area contributed by atoms with Crippen molar-refractivity contribution in [3.63, 3.8) is 0 Å². The maximum Gasteiger partial charge on any atom is 0.191 e. The van der Waals surface area contributed by atoms with Crippen LogP contribution in [0.25, 0.3) is 0 Å². The van der Waals surface area contributed by atoms with Gasteiger partial charge in [-0.05, 0) is 45.0 Å². The van der Waals surface area contributed by atoms with Gasteiger partial charge in [-0.25, -0.2) is 0 Å². The molecule has 0 bridgehead atoms. The molecule has 0 aromatic heterocycles. The number of likely N-dealkylation sites (tertiary alicyclic amines) is 1. The van der Waals surface area contributed by atoms with E-state index < -0.39 is 0 Å². The fourth-order valence-corrected chi connectivity index (χ4v) is 3.28. The Morgan fingerprint density at radius 2 is 2.04 bits per heavy atom. The third-order valence-corrected chi connectivity index (χ3v) is 5.02. The predicted molar refractivity (Wildman–Crippen MR) is 119 cm³/mol. The van der Waals surface area contributed by atoms with Crippen molar-refractivity contribution >= 4 is 35.6 Å². The van der Waals surface area contributed by atoms with Gasteiger partial charge in [0.15, 0.2) is 5.96 Å². The molecule has 1 fully saturated rings. The molecule has 0 radical (unpaired) electrons. The van der Waals surface area contributed by atoms with Gasteiger partial charge in [0.25, 0.3) is 0 Å². The monoisotopic (exact) mass is 459 g/mol. The number of hydrogen-bond donors (Lipinski definition) is 2. The molecular weight excluding hydrogens is 425 g/mol. The third kappa shape index (κ3) is 6.66. The van der Waals surface area contributed by atoms with Crippen LogP contribution >= 0.6 is 24.0 Å². The van der Waals surface area contributed by atoms with E-state index in [1.807, 2.05) is 7.05 Å². The number of benzene rings is 1. The van der Waals surface area contributed by atoms with Crippen LogP contribution in [0.1, 0.15) is 26.7 Å². The van der Waals surface area contributed by atoms with Gasteiger partial charge in [-0.15, -0.1) is 24.0 Å². The molecular formula is C19H34IN5. The van der Waals surface area contributed by atoms with Crippen molar-refractivity contribution < 1.29 is 0 Å². The van der Waals surface area contributed by atoms with E-state index in [1.54, 1.807) is 0 Å². The van der Waals surface area contributed by atoms with Gasteiger partial charge in [0.1, 0.15) is 0 Å². The molecule has 1 saturated heterocycles. The van der Waals surface area contributed by atoms with Crippen molar-refractivity contribution in [3.05, 3.63) is 30.3 Å². The lowest BCUT2D eigenvalue weighted by molar-refractivity contribution is 0.267. The molecule has 1 aromatic rings. The molecule has 5 nitrogen and oxygen atoms in total. The number of rotatable bonds is 7. The summed E-state index contributed by atoms with van der Waals surface area (Å²) < 4.78 is 0. The first-order valence-electron chi connectivity index (χ1n) is 9.12. The molecule has 0 saturated carbocycles. The molecule has 0 amide bonds. The zero-order chi connectivity index (χ0) is 17.4. The van der Waals surface area contributed by atoms with E-state index in [1.165, 1.54) is 25.1 Å². The number of likely N-dealkylation sites (N-methyl/N-ethyl adjacent to an activating group) is 2. The largest absolute Gasteiger partial charge is 0.370 e. The third-order valence-electron chi connectivity index (χ3n) is 5.02. The Kier molecular flexibility index (Phi) is 10.2. The summed E-state index contributed by atoms with van der Waals surface area (Å²) in [5, 5.41) is 6.94. The van der Waals surface area contributed by atoms with Crippen molar-refractivity contribution in [1.29, 1.82) is 0 Å². The van der Waals surface area contributed by atoms with E-state index in [-0.39, 0.29) is 24.0 Å². The van der Waals surface area contributed by atoms with E-state index >= 15 is 0 Å². The summed E-state index contributed by atoms with van der Waals surface area (Å²) in [5.74, 6) is 0.895. The quantitative estimate of drug-likeness (QED) is 0.374. The summed E-state index contributed by atoms with van der Waals surface area (Å²) in [4.78, 5) is 9.20. The van der Waals surface area contributed by atoms with Crippen LogP contribution in [0.5, 0.6) is 0 Å². The summed E-state index contributed by atoms with van der Waals surface area (Å²) in [6.07, 6.45) is 2.59. The molecule has 142 valence electrons. The normalized spacial score (nSPS) is 19.2. The van der Waals surface area contributed by atoms with Crippen molar-refractivity contribution in [1.82, 2.24) is 15.5 Å². The van der Waals surface area contributed by atoms with Crippen LogP contribution < -0.4 is 15.5 Å². The molecule has 1 aliphatic rings. The lowest BCUT2D eigenvalue weighted by Crippen LogP contribution is -2.48. The fourth-order valence-electron chi connectivity index (χ4n) is 3.28. The summed E-state index contributed by atoms with van der Waals surface area (Å²) in [6, 6.07) is 11.5. The average molecular weight is 459 g/mol. The zero-order valence-electron chi connectivity index (χ0n) is 16.0. The Balaban J connectivity index is 0.00000312. The van der Waals surface area contributed by atoms with E-state index in [0.29, 0.717) is 12.1 Å². The van der Waals surface area contributed by atoms with E-state index in [0.717, 1.165) is 25.6 Å². The number of anilines is 1. The Morgan fingerprint density at radius 3 is 2.68 bits per heavy atom. The zero-order valence-corrected chi connectivity index (χ0v) is 18.4. The molecule has 0 spiro atoms. The number of hydrogen-bond acceptors (Lipinski definition) is 3. The van der Waals surface area contributed by atoms with Gasteiger partial charge in [0.2, 0.25) is 0 Å². The second kappa shape index (κ2) is 11.6. The first-order valence-corrected chi connectivity index (χ1v) is 9.12. The molecule has 1 aliphatic heterocycles. The van der Waals surface area contributed by atoms with Crippen molar-refractivity contribution in [2.75, 3.05) is 45.2 Å². The molecule has 2 rings (SSSR count). The highest BCUT2D eigenvalue weighted by Crippen LogP contribution is 2.15. The van der Waals surface area contributed by atoms with Crippen LogP contribution in [0.15, 0.2) is 35.3 Å². The highest BCUT2D eigenvalue weighted by Gasteiger charge is 2.22. The van der Waals surface area contributed by atoms with Crippen molar-refractivity contribution in [2.24, 2.45) is 4.99 Å². The standard InChI is InChI=1S/C19H33N5.HI/c1-5-24-13-9-12-18(24)15-22-19(20-3)21-14-16(2)23(4)17-10-7-6-8-11-17;/h6-8,10-11,16,18H,5,9,12-15H2,1-4H3,(H2,20,21,22);1H. The number of nitrogens with one attached hydrogen (secondary N) is 2. The lowest BCUT2D eigenvalue weighted by Gasteiger charge is -2.28. The highest BCUT2D eigenvalue weighted by molar-refractivity contribution is 14.0. The summed E-state index contributed by atoms with van der Waals surface area (Å²) in [6.45, 7) is 8.66. The van der Waals surface area contributed by atoms with Gasteiger partial charge in [-0.2, -0.15) is 0 Å². The first-order chi connectivity index (χ1) is 11.7. The maximum atomic E-state index is 4.36. The molecule has 0 aliphatic carbocycles. The average Bonchev–Trinajstić information content (AvgIpc) is 3.09. The second-order valence-electron chi connectivity index (χ2n) is 6.55. The number of guanidine groups is 1. The highest BCUT2D eigenvalue weighted by atomic mass is 127. The number of nitrogens with zero attached hydrogens (tertiary/aromatic N) is 3. The van der Waals surface area contributed by atoms with Crippen LogP contribution in [-0.2, 0) is 0 Å². The molecule has 25 heavy (non-hydrogen) atoms. The number of para-hydroxylation sites is 1. The van der Waals surface area contributed by atoms with Gasteiger partial charge >= 0.3 is 0 Å². The SMILES string of the molecule is CCN1CCCC1CNC(=NC)NCC(C)N(C)c1ccccc1.I. The van der Waals surface area contributed by atoms with E-state index in [4.69, 9.17) is 0 Å². The Hall–Kier alpha value is -1.02. The minimum absolute atomic E-state index is 0. The molecule has 2 N–H and O–H groups in total. The maximum absolute atomic E-state index is 4.36. The number of aliphatic imine (C=N–C) groups is 1. The Labute approximate surface area is 170 Å². The fraction of sp³-hybridized carbons (Fsp3) is 0.632. The van der Waals surface area contributed by atoms with Crippen LogP contribution in [0.4, 0.5) is 5.69 Å². The van der Waals surface area contributed by atoms with Gasteiger partial charge in [0, 0.05) is 45.0 Å². The minimum atomic E-state index is 0. The Morgan fingerprint density at radius 1 is 1.32 bits per heavy atom. The van der Waals surface area contributed by atoms with Gasteiger partial charge in [-0.1, -0.05) is 25.1 Å². The van der Waals surface area contributed by atoms with Crippen molar-refractivity contribution in [3.8, 4) is 0 Å². The molecule has 2 unspecified atom stereocenters. The molecule has 1 aromatic carbocycles. The van der Waals surface area contributed by atoms with Crippen LogP contribution in [0.2, 0.25) is 0 Å². The van der Waals surface area contributed by atoms with Crippen LogP contribution in [0.3, 0.4) is 0 Å². The number of halogens is 1. The van der Waals surface area contributed by atoms with Crippen LogP contribution in [-0.4, -0.2) is 63.2 Å². The van der Waals surface area contributed by atoms with Gasteiger partial charge < -0.3 is 15.5 Å². The van der Waals surface area contributed by atoms with E-state index in [9.17, 15) is 0 Å². The summed E-state index contributed by atoms with van der Waals surface area (Å²) in [7, 11) is 3.97. The molecule has 2 atom stereocenters. The molecule has 6 heteroatoms. The van der Waals surface area contributed by atoms with Crippen molar-refractivity contribution in [2.45, 2.75) is 38.8 Å². The Bertz CT molecular complexity index is 508. The van der Waals surface area contributed by atoms with Crippen LogP contribution in [0, 0.1) is 0 Å². The minimum Gasteiger partial charge on any atom is -0.370 e. The predicted octanol–water partition coefficient (Wildman–Crippen LogP) is 2.78.